The molecule has 3 aromatic heterocycles. The fraction of sp³-hybridized carbons (Fsp3) is 0.0455. The van der Waals surface area contributed by atoms with E-state index in [1.165, 1.54) is 15.6 Å². The predicted octanol–water partition coefficient (Wildman–Crippen LogP) is 3.79. The molecule has 0 bridgehead atoms. The van der Waals surface area contributed by atoms with E-state index >= 15 is 0 Å². The summed E-state index contributed by atoms with van der Waals surface area (Å²) in [5, 5.41) is 11.9. The third-order valence-corrected chi connectivity index (χ3v) is 5.20. The first-order valence-corrected chi connectivity index (χ1v) is 10.3. The topological polar surface area (TPSA) is 110 Å². The monoisotopic (exact) mass is 481 g/mol. The highest BCUT2D eigenvalue weighted by atomic mass is 35.5. The average Bonchev–Trinajstić information content (AvgIpc) is 3.39. The number of nitrogens with one attached hydrogen (secondary N) is 2. The lowest BCUT2D eigenvalue weighted by atomic mass is 10.2. The summed E-state index contributed by atoms with van der Waals surface area (Å²) in [6.45, 7) is 1.68. The molecule has 0 unspecified atom stereocenters. The van der Waals surface area contributed by atoms with Gasteiger partial charge in [-0.1, -0.05) is 11.6 Å². The number of nitrogens with zero attached hydrogens (tertiary/aromatic N) is 5. The number of hydrogen-bond acceptors (Lipinski definition) is 5. The van der Waals surface area contributed by atoms with Gasteiger partial charge in [-0.25, -0.2) is 13.5 Å². The van der Waals surface area contributed by atoms with Crippen molar-refractivity contribution < 1.29 is 13.6 Å². The molecule has 9 nitrogen and oxygen atoms in total. The van der Waals surface area contributed by atoms with Gasteiger partial charge in [0.25, 0.3) is 11.5 Å². The summed E-state index contributed by atoms with van der Waals surface area (Å²) < 4.78 is 29.5. The number of halogens is 3. The maximum Gasteiger partial charge on any atom is 0.263 e. The Bertz CT molecular complexity index is 1620. The second kappa shape index (κ2) is 8.19. The Balaban J connectivity index is 1.57. The Morgan fingerprint density at radius 1 is 1.06 bits per heavy atom. The number of aryl methyl sites for hydroxylation is 1. The van der Waals surface area contributed by atoms with Gasteiger partial charge in [0.2, 0.25) is 5.95 Å². The molecule has 0 aliphatic heterocycles. The summed E-state index contributed by atoms with van der Waals surface area (Å²) in [5.41, 5.74) is 0.835. The number of aromatic nitrogens is 6. The van der Waals surface area contributed by atoms with Gasteiger partial charge in [0.15, 0.2) is 17.3 Å². The smallest absolute Gasteiger partial charge is 0.263 e. The average molecular weight is 482 g/mol. The number of rotatable bonds is 4. The molecule has 0 radical (unpaired) electrons. The van der Waals surface area contributed by atoms with Crippen LogP contribution in [0.5, 0.6) is 0 Å². The highest BCUT2D eigenvalue weighted by molar-refractivity contribution is 6.30. The number of anilines is 1. The highest BCUT2D eigenvalue weighted by Crippen LogP contribution is 2.20. The minimum atomic E-state index is -1.15. The third kappa shape index (κ3) is 3.82. The predicted molar refractivity (Wildman–Crippen MR) is 121 cm³/mol. The molecule has 0 fully saturated rings. The number of amides is 1. The van der Waals surface area contributed by atoms with Gasteiger partial charge in [0.1, 0.15) is 11.2 Å². The minimum Gasteiger partial charge on any atom is -0.306 e. The molecule has 0 aliphatic rings. The van der Waals surface area contributed by atoms with Crippen LogP contribution in [-0.2, 0) is 0 Å². The Hall–Kier alpha value is -4.38. The molecule has 0 saturated carbocycles. The summed E-state index contributed by atoms with van der Waals surface area (Å²) in [5.74, 6) is -2.74. The van der Waals surface area contributed by atoms with E-state index in [2.05, 4.69) is 25.5 Å². The van der Waals surface area contributed by atoms with Crippen molar-refractivity contribution in [3.05, 3.63) is 93.0 Å². The van der Waals surface area contributed by atoms with Gasteiger partial charge in [-0.2, -0.15) is 19.9 Å². The molecule has 1 amide bonds. The van der Waals surface area contributed by atoms with Crippen molar-refractivity contribution in [2.24, 2.45) is 0 Å². The Morgan fingerprint density at radius 3 is 2.56 bits per heavy atom. The van der Waals surface area contributed by atoms with Crippen molar-refractivity contribution in [3.63, 3.8) is 0 Å². The van der Waals surface area contributed by atoms with Crippen molar-refractivity contribution in [1.29, 1.82) is 0 Å². The van der Waals surface area contributed by atoms with Gasteiger partial charge >= 0.3 is 0 Å². The number of benzene rings is 2. The summed E-state index contributed by atoms with van der Waals surface area (Å²) in [4.78, 5) is 32.5. The number of fused-ring (bicyclic) bond motifs is 1. The lowest BCUT2D eigenvalue weighted by Crippen LogP contribution is -2.19. The van der Waals surface area contributed by atoms with Crippen LogP contribution < -0.4 is 10.9 Å². The van der Waals surface area contributed by atoms with E-state index in [4.69, 9.17) is 11.6 Å². The largest absolute Gasteiger partial charge is 0.306 e. The van der Waals surface area contributed by atoms with E-state index in [9.17, 15) is 18.4 Å². The number of carbonyl (C=O) groups excluding carboxylic acids is 1. The van der Waals surface area contributed by atoms with Crippen LogP contribution in [0.1, 0.15) is 16.1 Å². The van der Waals surface area contributed by atoms with Crippen molar-refractivity contribution in [1.82, 2.24) is 29.5 Å². The van der Waals surface area contributed by atoms with E-state index in [0.29, 0.717) is 16.4 Å². The molecule has 5 rings (SSSR count). The quantitative estimate of drug-likeness (QED) is 0.406. The molecule has 0 atom stereocenters. The van der Waals surface area contributed by atoms with Crippen LogP contribution in [0, 0.1) is 18.6 Å². The summed E-state index contributed by atoms with van der Waals surface area (Å²) >= 11 is 5.96. The van der Waals surface area contributed by atoms with Crippen molar-refractivity contribution in [2.75, 3.05) is 5.32 Å². The molecule has 2 N–H and O–H groups in total. The van der Waals surface area contributed by atoms with Gasteiger partial charge in [0, 0.05) is 16.7 Å². The van der Waals surface area contributed by atoms with Crippen LogP contribution >= 0.6 is 11.6 Å². The zero-order valence-electron chi connectivity index (χ0n) is 17.4. The van der Waals surface area contributed by atoms with E-state index in [1.54, 1.807) is 37.3 Å². The Morgan fingerprint density at radius 2 is 1.82 bits per heavy atom. The first-order valence-electron chi connectivity index (χ1n) is 9.87. The molecule has 34 heavy (non-hydrogen) atoms. The summed E-state index contributed by atoms with van der Waals surface area (Å²) in [6.07, 6.45) is 1.39. The van der Waals surface area contributed by atoms with Crippen LogP contribution in [0.4, 0.5) is 14.6 Å². The SMILES string of the molecule is Cc1cc(NC(=O)c2ccc(F)c(F)c2)n(-c2nc3c(cnn3-c3ccc(Cl)cc3)c(=O)[nH]2)n1. The Labute approximate surface area is 194 Å². The molecule has 2 aromatic carbocycles. The lowest BCUT2D eigenvalue weighted by Gasteiger charge is -2.09. The van der Waals surface area contributed by atoms with Crippen LogP contribution in [-0.4, -0.2) is 35.4 Å². The first kappa shape index (κ1) is 21.5. The third-order valence-electron chi connectivity index (χ3n) is 4.95. The van der Waals surface area contributed by atoms with Crippen LogP contribution in [0.15, 0.2) is 59.5 Å². The maximum atomic E-state index is 13.6. The van der Waals surface area contributed by atoms with E-state index in [0.717, 1.165) is 18.2 Å². The van der Waals surface area contributed by atoms with E-state index in [1.807, 2.05) is 0 Å². The molecule has 0 aliphatic carbocycles. The van der Waals surface area contributed by atoms with Gasteiger partial charge in [-0.15, -0.1) is 0 Å². The van der Waals surface area contributed by atoms with E-state index < -0.39 is 23.1 Å². The number of carbonyl (C=O) groups is 1. The van der Waals surface area contributed by atoms with Gasteiger partial charge in [0.05, 0.1) is 17.6 Å². The summed E-state index contributed by atoms with van der Waals surface area (Å²) in [6, 6.07) is 11.2. The number of H-pyrrole nitrogens is 1. The first-order chi connectivity index (χ1) is 16.3. The van der Waals surface area contributed by atoms with Crippen LogP contribution in [0.3, 0.4) is 0 Å². The molecule has 170 valence electrons. The zero-order valence-corrected chi connectivity index (χ0v) is 18.1. The van der Waals surface area contributed by atoms with Gasteiger partial charge < -0.3 is 5.32 Å². The van der Waals surface area contributed by atoms with Crippen LogP contribution in [0.2, 0.25) is 5.02 Å². The minimum absolute atomic E-state index is 0.0156. The Kier molecular flexibility index (Phi) is 5.17. The van der Waals surface area contributed by atoms with Crippen LogP contribution in [0.25, 0.3) is 22.7 Å². The fourth-order valence-corrected chi connectivity index (χ4v) is 3.48. The van der Waals surface area contributed by atoms with Gasteiger partial charge in [-0.3, -0.25) is 14.6 Å². The molecule has 0 saturated heterocycles. The fourth-order valence-electron chi connectivity index (χ4n) is 3.35. The lowest BCUT2D eigenvalue weighted by molar-refractivity contribution is 0.102. The highest BCUT2D eigenvalue weighted by Gasteiger charge is 2.18. The number of hydrogen-bond donors (Lipinski definition) is 2. The summed E-state index contributed by atoms with van der Waals surface area (Å²) in [7, 11) is 0. The number of aromatic amines is 1. The van der Waals surface area contributed by atoms with Crippen molar-refractivity contribution in [2.45, 2.75) is 6.92 Å². The second-order valence-electron chi connectivity index (χ2n) is 7.33. The molecule has 5 aromatic rings. The molecule has 3 heterocycles. The second-order valence-corrected chi connectivity index (χ2v) is 7.76. The molecular formula is C22H14ClF2N7O2. The molecule has 0 spiro atoms. The van der Waals surface area contributed by atoms with Crippen molar-refractivity contribution in [3.8, 4) is 11.6 Å². The molecule has 12 heteroatoms. The van der Waals surface area contributed by atoms with Crippen molar-refractivity contribution >= 4 is 34.4 Å². The molecular weight excluding hydrogens is 468 g/mol. The standard InChI is InChI=1S/C22H14ClF2N7O2/c1-11-8-18(27-20(33)12-2-7-16(24)17(25)9-12)32(30-11)22-28-19-15(21(34)29-22)10-26-31(19)14-5-3-13(23)4-6-14/h2-10H,1H3,(H,27,33)(H,28,29,34). The zero-order chi connectivity index (χ0) is 24.0. The van der Waals surface area contributed by atoms with E-state index in [-0.39, 0.29) is 28.4 Å². The maximum absolute atomic E-state index is 13.6. The normalized spacial score (nSPS) is 11.2. The van der Waals surface area contributed by atoms with Gasteiger partial charge in [-0.05, 0) is 49.4 Å².